The smallest absolute Gasteiger partial charge is 0.165 e. The summed E-state index contributed by atoms with van der Waals surface area (Å²) in [4.78, 5) is 5.68. The summed E-state index contributed by atoms with van der Waals surface area (Å²) in [5.74, 6) is 0.816. The molecule has 0 radical (unpaired) electrons. The van der Waals surface area contributed by atoms with Gasteiger partial charge in [-0.25, -0.2) is 9.37 Å². The minimum absolute atomic E-state index is 0. The quantitative estimate of drug-likeness (QED) is 0.767. The third-order valence-corrected chi connectivity index (χ3v) is 2.09. The fraction of sp³-hybridized carbons (Fsp3) is 0.444. The molecule has 0 aliphatic rings. The van der Waals surface area contributed by atoms with Crippen molar-refractivity contribution in [2.75, 3.05) is 29.7 Å². The highest BCUT2D eigenvalue weighted by Gasteiger charge is 2.10. The first-order valence-electron chi connectivity index (χ1n) is 4.27. The maximum Gasteiger partial charge on any atom is 0.165 e. The van der Waals surface area contributed by atoms with Crippen LogP contribution in [0, 0.1) is 5.82 Å². The predicted octanol–water partition coefficient (Wildman–Crippen LogP) is 2.93. The van der Waals surface area contributed by atoms with Crippen LogP contribution in [-0.4, -0.2) is 29.8 Å². The molecule has 0 N–H and O–H groups in total. The van der Waals surface area contributed by atoms with Gasteiger partial charge in [0.25, 0.3) is 0 Å². The van der Waals surface area contributed by atoms with Crippen molar-refractivity contribution in [1.82, 2.24) is 4.98 Å². The first kappa shape index (κ1) is 14.8. The Kier molecular flexibility index (Phi) is 7.83. The summed E-state index contributed by atoms with van der Waals surface area (Å²) in [6, 6.07) is 2.93. The summed E-state index contributed by atoms with van der Waals surface area (Å²) in [5, 5.41) is 0. The lowest BCUT2D eigenvalue weighted by atomic mass is 10.4. The fourth-order valence-electron chi connectivity index (χ4n) is 1.14. The second-order valence-electron chi connectivity index (χ2n) is 2.67. The minimum Gasteiger partial charge on any atom is -0.352 e. The Hall–Kier alpha value is -0.250. The van der Waals surface area contributed by atoms with Crippen LogP contribution in [-0.2, 0) is 0 Å². The third kappa shape index (κ3) is 4.41. The molecule has 0 aromatic carbocycles. The Morgan fingerprint density at radius 3 is 2.33 bits per heavy atom. The summed E-state index contributed by atoms with van der Waals surface area (Å²) in [7, 11) is 0. The van der Waals surface area contributed by atoms with Gasteiger partial charge in [-0.1, -0.05) is 0 Å². The van der Waals surface area contributed by atoms with Gasteiger partial charge in [0.1, 0.15) is 0 Å². The normalized spacial score (nSPS) is 9.53. The molecule has 0 aliphatic carbocycles. The van der Waals surface area contributed by atoms with Gasteiger partial charge < -0.3 is 4.90 Å². The highest BCUT2D eigenvalue weighted by atomic mass is 35.5. The second-order valence-corrected chi connectivity index (χ2v) is 3.43. The minimum atomic E-state index is -0.345. The average molecular weight is 274 g/mol. The number of aromatic nitrogens is 1. The lowest BCUT2D eigenvalue weighted by Gasteiger charge is -2.21. The van der Waals surface area contributed by atoms with E-state index >= 15 is 0 Å². The molecule has 0 saturated heterocycles. The zero-order chi connectivity index (χ0) is 10.4. The first-order valence-corrected chi connectivity index (χ1v) is 5.34. The molecule has 1 rings (SSSR count). The van der Waals surface area contributed by atoms with Gasteiger partial charge in [-0.05, 0) is 12.1 Å². The molecule has 1 aromatic heterocycles. The van der Waals surface area contributed by atoms with Crippen LogP contribution < -0.4 is 4.90 Å². The molecule has 2 nitrogen and oxygen atoms in total. The van der Waals surface area contributed by atoms with E-state index in [1.54, 1.807) is 17.2 Å². The molecule has 0 aliphatic heterocycles. The van der Waals surface area contributed by atoms with Gasteiger partial charge in [-0.15, -0.1) is 35.6 Å². The van der Waals surface area contributed by atoms with Crippen molar-refractivity contribution in [3.63, 3.8) is 0 Å². The Balaban J connectivity index is 0.00000196. The van der Waals surface area contributed by atoms with Crippen LogP contribution in [0.4, 0.5) is 10.2 Å². The number of hydrogen-bond acceptors (Lipinski definition) is 2. The van der Waals surface area contributed by atoms with Gasteiger partial charge in [-0.3, -0.25) is 0 Å². The Labute approximate surface area is 105 Å². The summed E-state index contributed by atoms with van der Waals surface area (Å²) in [6.07, 6.45) is 1.55. The first-order chi connectivity index (χ1) is 6.79. The topological polar surface area (TPSA) is 16.1 Å². The van der Waals surface area contributed by atoms with Crippen molar-refractivity contribution < 1.29 is 4.39 Å². The molecule has 1 aromatic rings. The van der Waals surface area contributed by atoms with Gasteiger partial charge in [0.05, 0.1) is 0 Å². The number of rotatable bonds is 5. The van der Waals surface area contributed by atoms with E-state index in [-0.39, 0.29) is 18.2 Å². The van der Waals surface area contributed by atoms with Crippen LogP contribution in [0.15, 0.2) is 18.3 Å². The number of pyridine rings is 1. The van der Waals surface area contributed by atoms with E-state index in [0.29, 0.717) is 30.7 Å². The van der Waals surface area contributed by atoms with E-state index in [1.165, 1.54) is 6.07 Å². The zero-order valence-corrected chi connectivity index (χ0v) is 10.3. The third-order valence-electron chi connectivity index (χ3n) is 1.75. The van der Waals surface area contributed by atoms with E-state index in [4.69, 9.17) is 23.2 Å². The van der Waals surface area contributed by atoms with Gasteiger partial charge in [0, 0.05) is 31.0 Å². The largest absolute Gasteiger partial charge is 0.352 e. The SMILES string of the molecule is Cl.Fc1cccnc1N(CCCl)CCCl. The van der Waals surface area contributed by atoms with Crippen molar-refractivity contribution in [3.8, 4) is 0 Å². The van der Waals surface area contributed by atoms with E-state index < -0.39 is 0 Å². The van der Waals surface area contributed by atoms with Crippen molar-refractivity contribution >= 4 is 41.4 Å². The maximum absolute atomic E-state index is 13.3. The zero-order valence-electron chi connectivity index (χ0n) is 8.00. The average Bonchev–Trinajstić information content (AvgIpc) is 2.18. The molecule has 0 spiro atoms. The number of nitrogens with zero attached hydrogens (tertiary/aromatic N) is 2. The van der Waals surface area contributed by atoms with Crippen molar-refractivity contribution in [1.29, 1.82) is 0 Å². The molecule has 0 atom stereocenters. The highest BCUT2D eigenvalue weighted by Crippen LogP contribution is 2.14. The van der Waals surface area contributed by atoms with Gasteiger partial charge in [0.15, 0.2) is 11.6 Å². The van der Waals surface area contributed by atoms with Crippen LogP contribution in [0.5, 0.6) is 0 Å². The second kappa shape index (κ2) is 7.97. The maximum atomic E-state index is 13.3. The van der Waals surface area contributed by atoms with Crippen LogP contribution in [0.25, 0.3) is 0 Å². The van der Waals surface area contributed by atoms with Crippen LogP contribution in [0.2, 0.25) is 0 Å². The molecule has 0 bridgehead atoms. The number of hydrogen-bond donors (Lipinski definition) is 0. The lowest BCUT2D eigenvalue weighted by molar-refractivity contribution is 0.612. The Morgan fingerprint density at radius 1 is 1.27 bits per heavy atom. The van der Waals surface area contributed by atoms with Gasteiger partial charge in [-0.2, -0.15) is 0 Å². The summed E-state index contributed by atoms with van der Waals surface area (Å²) in [6.45, 7) is 1.09. The number of anilines is 1. The molecule has 0 unspecified atom stereocenters. The molecular weight excluding hydrogens is 261 g/mol. The highest BCUT2D eigenvalue weighted by molar-refractivity contribution is 6.18. The van der Waals surface area contributed by atoms with Crippen LogP contribution >= 0.6 is 35.6 Å². The number of halogens is 4. The Bertz CT molecular complexity index is 280. The van der Waals surface area contributed by atoms with Crippen molar-refractivity contribution in [2.24, 2.45) is 0 Å². The summed E-state index contributed by atoms with van der Waals surface area (Å²) < 4.78 is 13.3. The van der Waals surface area contributed by atoms with E-state index in [9.17, 15) is 4.39 Å². The molecular formula is C9H12Cl3FN2. The van der Waals surface area contributed by atoms with Crippen LogP contribution in [0.3, 0.4) is 0 Å². The van der Waals surface area contributed by atoms with Crippen LogP contribution in [0.1, 0.15) is 0 Å². The Morgan fingerprint density at radius 2 is 1.87 bits per heavy atom. The predicted molar refractivity (Wildman–Crippen MR) is 65.1 cm³/mol. The van der Waals surface area contributed by atoms with Crippen molar-refractivity contribution in [2.45, 2.75) is 0 Å². The lowest BCUT2D eigenvalue weighted by Crippen LogP contribution is -2.29. The molecule has 0 fully saturated rings. The number of alkyl halides is 2. The molecule has 1 heterocycles. The van der Waals surface area contributed by atoms with Gasteiger partial charge in [0.2, 0.25) is 0 Å². The van der Waals surface area contributed by atoms with Crippen molar-refractivity contribution in [3.05, 3.63) is 24.1 Å². The fourth-order valence-corrected chi connectivity index (χ4v) is 1.55. The molecule has 6 heteroatoms. The van der Waals surface area contributed by atoms with Gasteiger partial charge >= 0.3 is 0 Å². The van der Waals surface area contributed by atoms with E-state index in [1.807, 2.05) is 0 Å². The molecule has 0 amide bonds. The molecule has 86 valence electrons. The molecule has 0 saturated carbocycles. The van der Waals surface area contributed by atoms with E-state index in [2.05, 4.69) is 4.98 Å². The van der Waals surface area contributed by atoms with E-state index in [0.717, 1.165) is 0 Å². The monoisotopic (exact) mass is 272 g/mol. The molecule has 15 heavy (non-hydrogen) atoms. The summed E-state index contributed by atoms with van der Waals surface area (Å²) >= 11 is 11.2. The summed E-state index contributed by atoms with van der Waals surface area (Å²) in [5.41, 5.74) is 0. The standard InChI is InChI=1S/C9H11Cl2FN2.ClH/c10-3-6-14(7-4-11)9-8(12)2-1-5-13-9;/h1-2,5H,3-4,6-7H2;1H.